The lowest BCUT2D eigenvalue weighted by molar-refractivity contribution is -0.139. The predicted octanol–water partition coefficient (Wildman–Crippen LogP) is 6.40. The number of halogens is 3. The number of nitrogens with zero attached hydrogens (tertiary/aromatic N) is 2. The van der Waals surface area contributed by atoms with Gasteiger partial charge in [-0.15, -0.1) is 0 Å². The van der Waals surface area contributed by atoms with E-state index in [0.717, 1.165) is 16.3 Å². The van der Waals surface area contributed by atoms with Gasteiger partial charge in [-0.05, 0) is 74.7 Å². The lowest BCUT2D eigenvalue weighted by atomic mass is 10.1. The van der Waals surface area contributed by atoms with Crippen LogP contribution in [0.4, 0.5) is 5.69 Å². The Balaban J connectivity index is 2.07. The largest absolute Gasteiger partial charge is 0.354 e. The summed E-state index contributed by atoms with van der Waals surface area (Å²) >= 11 is 18.6. The number of anilines is 1. The topological polar surface area (TPSA) is 86.8 Å². The van der Waals surface area contributed by atoms with E-state index in [9.17, 15) is 18.0 Å². The molecule has 2 amide bonds. The molecule has 11 heteroatoms. The molecule has 214 valence electrons. The first-order chi connectivity index (χ1) is 18.9. The second-order valence-electron chi connectivity index (χ2n) is 9.45. The Morgan fingerprint density at radius 2 is 1.60 bits per heavy atom. The van der Waals surface area contributed by atoms with Crippen molar-refractivity contribution in [3.8, 4) is 0 Å². The maximum Gasteiger partial charge on any atom is 0.264 e. The van der Waals surface area contributed by atoms with Gasteiger partial charge < -0.3 is 10.2 Å². The van der Waals surface area contributed by atoms with Gasteiger partial charge in [-0.1, -0.05) is 71.6 Å². The van der Waals surface area contributed by atoms with Crippen LogP contribution in [0.2, 0.25) is 15.1 Å². The molecule has 0 heterocycles. The molecule has 0 aliphatic heterocycles. The molecule has 0 aliphatic carbocycles. The highest BCUT2D eigenvalue weighted by atomic mass is 35.5. The molecule has 0 saturated carbocycles. The van der Waals surface area contributed by atoms with Crippen LogP contribution in [0.15, 0.2) is 65.6 Å². The summed E-state index contributed by atoms with van der Waals surface area (Å²) in [5.74, 6) is -0.942. The Hall–Kier alpha value is -2.78. The Kier molecular flexibility index (Phi) is 10.9. The first-order valence-corrected chi connectivity index (χ1v) is 15.3. The molecule has 0 spiro atoms. The summed E-state index contributed by atoms with van der Waals surface area (Å²) in [4.78, 5) is 28.3. The summed E-state index contributed by atoms with van der Waals surface area (Å²) in [5.41, 5.74) is 2.28. The first kappa shape index (κ1) is 31.7. The van der Waals surface area contributed by atoms with Crippen molar-refractivity contribution in [2.75, 3.05) is 17.4 Å². The Bertz CT molecular complexity index is 1480. The van der Waals surface area contributed by atoms with Gasteiger partial charge in [-0.2, -0.15) is 0 Å². The number of carbonyl (C=O) groups excluding carboxylic acids is 2. The van der Waals surface area contributed by atoms with E-state index in [1.54, 1.807) is 62.4 Å². The van der Waals surface area contributed by atoms with E-state index in [0.29, 0.717) is 32.7 Å². The average molecular weight is 625 g/mol. The molecule has 3 aromatic rings. The van der Waals surface area contributed by atoms with Crippen LogP contribution in [-0.4, -0.2) is 44.3 Å². The van der Waals surface area contributed by atoms with Crippen molar-refractivity contribution in [3.05, 3.63) is 92.4 Å². The standard InChI is InChI=1S/C29H32Cl3N3O4S/c1-5-15-33-29(37)21(4)34(17-22-11-14-25(31)26(32)16-22)28(36)18-35(27-8-6-7-24(30)20(27)3)40(38,39)23-12-9-19(2)10-13-23/h6-14,16,21H,5,15,17-18H2,1-4H3,(H,33,37)/t21-/m0/s1. The van der Waals surface area contributed by atoms with Crippen LogP contribution >= 0.6 is 34.8 Å². The number of sulfonamides is 1. The minimum absolute atomic E-state index is 0.00335. The van der Waals surface area contributed by atoms with Crippen LogP contribution in [0, 0.1) is 13.8 Å². The third kappa shape index (κ3) is 7.49. The van der Waals surface area contributed by atoms with Gasteiger partial charge in [0.2, 0.25) is 11.8 Å². The number of rotatable bonds is 11. The maximum absolute atomic E-state index is 14.0. The Labute approximate surface area is 251 Å². The van der Waals surface area contributed by atoms with Crippen LogP contribution in [0.5, 0.6) is 0 Å². The zero-order valence-electron chi connectivity index (χ0n) is 22.7. The zero-order valence-corrected chi connectivity index (χ0v) is 25.8. The molecule has 1 atom stereocenters. The average Bonchev–Trinajstić information content (AvgIpc) is 2.92. The van der Waals surface area contributed by atoms with Crippen LogP contribution < -0.4 is 9.62 Å². The predicted molar refractivity (Wildman–Crippen MR) is 162 cm³/mol. The third-order valence-corrected chi connectivity index (χ3v) is 9.37. The summed E-state index contributed by atoms with van der Waals surface area (Å²) in [5, 5.41) is 3.81. The number of hydrogen-bond donors (Lipinski definition) is 1. The number of aryl methyl sites for hydroxylation is 1. The fraction of sp³-hybridized carbons (Fsp3) is 0.310. The fourth-order valence-electron chi connectivity index (χ4n) is 4.03. The van der Waals surface area contributed by atoms with E-state index < -0.39 is 28.5 Å². The molecule has 0 bridgehead atoms. The summed E-state index contributed by atoms with van der Waals surface area (Å²) < 4.78 is 28.9. The van der Waals surface area contributed by atoms with Gasteiger partial charge in [0.25, 0.3) is 10.0 Å². The van der Waals surface area contributed by atoms with Crippen molar-refractivity contribution >= 4 is 62.3 Å². The van der Waals surface area contributed by atoms with Gasteiger partial charge in [-0.25, -0.2) is 8.42 Å². The number of amides is 2. The zero-order chi connectivity index (χ0) is 29.6. The van der Waals surface area contributed by atoms with Crippen molar-refractivity contribution in [2.45, 2.75) is 51.6 Å². The van der Waals surface area contributed by atoms with Crippen LogP contribution in [0.25, 0.3) is 0 Å². The normalized spacial score (nSPS) is 12.1. The highest BCUT2D eigenvalue weighted by Gasteiger charge is 2.33. The van der Waals surface area contributed by atoms with Gasteiger partial charge >= 0.3 is 0 Å². The lowest BCUT2D eigenvalue weighted by Gasteiger charge is -2.32. The summed E-state index contributed by atoms with van der Waals surface area (Å²) in [6, 6.07) is 15.3. The Morgan fingerprint density at radius 1 is 0.925 bits per heavy atom. The molecule has 3 rings (SSSR count). The summed E-state index contributed by atoms with van der Waals surface area (Å²) in [6.07, 6.45) is 0.718. The van der Waals surface area contributed by atoms with E-state index >= 15 is 0 Å². The third-order valence-electron chi connectivity index (χ3n) is 6.45. The maximum atomic E-state index is 14.0. The second-order valence-corrected chi connectivity index (χ2v) is 12.5. The van der Waals surface area contributed by atoms with Gasteiger partial charge in [-0.3, -0.25) is 13.9 Å². The number of carbonyl (C=O) groups is 2. The van der Waals surface area contributed by atoms with Crippen LogP contribution in [-0.2, 0) is 26.2 Å². The highest BCUT2D eigenvalue weighted by Crippen LogP contribution is 2.31. The van der Waals surface area contributed by atoms with Crippen molar-refractivity contribution in [1.82, 2.24) is 10.2 Å². The molecule has 3 aromatic carbocycles. The SMILES string of the molecule is CCCNC(=O)[C@H](C)N(Cc1ccc(Cl)c(Cl)c1)C(=O)CN(c1cccc(Cl)c1C)S(=O)(=O)c1ccc(C)cc1. The molecule has 1 N–H and O–H groups in total. The second kappa shape index (κ2) is 13.7. The smallest absolute Gasteiger partial charge is 0.264 e. The molecule has 0 radical (unpaired) electrons. The van der Waals surface area contributed by atoms with Gasteiger partial charge in [0, 0.05) is 18.1 Å². The fourth-order valence-corrected chi connectivity index (χ4v) is 5.99. The van der Waals surface area contributed by atoms with E-state index in [1.165, 1.54) is 17.0 Å². The number of hydrogen-bond acceptors (Lipinski definition) is 4. The van der Waals surface area contributed by atoms with Gasteiger partial charge in [0.1, 0.15) is 12.6 Å². The lowest BCUT2D eigenvalue weighted by Crippen LogP contribution is -2.51. The van der Waals surface area contributed by atoms with Crippen molar-refractivity contribution < 1.29 is 18.0 Å². The summed E-state index contributed by atoms with van der Waals surface area (Å²) in [6.45, 7) is 6.94. The molecular weight excluding hydrogens is 593 g/mol. The molecule has 0 saturated heterocycles. The molecule has 7 nitrogen and oxygen atoms in total. The van der Waals surface area contributed by atoms with E-state index in [2.05, 4.69) is 5.32 Å². The molecule has 0 fully saturated rings. The monoisotopic (exact) mass is 623 g/mol. The molecule has 0 aliphatic rings. The van der Waals surface area contributed by atoms with Crippen LogP contribution in [0.3, 0.4) is 0 Å². The Morgan fingerprint density at radius 3 is 2.23 bits per heavy atom. The van der Waals surface area contributed by atoms with E-state index in [1.807, 2.05) is 13.8 Å². The number of benzene rings is 3. The quantitative estimate of drug-likeness (QED) is 0.267. The van der Waals surface area contributed by atoms with E-state index in [-0.39, 0.29) is 23.0 Å². The van der Waals surface area contributed by atoms with Gasteiger partial charge in [0.05, 0.1) is 20.6 Å². The number of nitrogens with one attached hydrogen (secondary N) is 1. The van der Waals surface area contributed by atoms with Crippen molar-refractivity contribution in [3.63, 3.8) is 0 Å². The van der Waals surface area contributed by atoms with Crippen LogP contribution in [0.1, 0.15) is 37.0 Å². The minimum Gasteiger partial charge on any atom is -0.354 e. The molecule has 40 heavy (non-hydrogen) atoms. The van der Waals surface area contributed by atoms with Crippen molar-refractivity contribution in [2.24, 2.45) is 0 Å². The molecule has 0 aromatic heterocycles. The molecule has 0 unspecified atom stereocenters. The molecular formula is C29H32Cl3N3O4S. The van der Waals surface area contributed by atoms with E-state index in [4.69, 9.17) is 34.8 Å². The highest BCUT2D eigenvalue weighted by molar-refractivity contribution is 7.92. The summed E-state index contributed by atoms with van der Waals surface area (Å²) in [7, 11) is -4.20. The minimum atomic E-state index is -4.20. The first-order valence-electron chi connectivity index (χ1n) is 12.7. The van der Waals surface area contributed by atoms with Crippen molar-refractivity contribution in [1.29, 1.82) is 0 Å². The van der Waals surface area contributed by atoms with Gasteiger partial charge in [0.15, 0.2) is 0 Å².